The van der Waals surface area contributed by atoms with Crippen molar-refractivity contribution in [3.8, 4) is 0 Å². The lowest BCUT2D eigenvalue weighted by Gasteiger charge is -2.35. The number of carbonyl (C=O) groups is 2. The molecule has 0 spiro atoms. The van der Waals surface area contributed by atoms with Crippen molar-refractivity contribution >= 4 is 23.3 Å². The SMILES string of the molecule is CC(=O)N1CCN(c2ccc(NC(=O)Cc3cccc(C)c3)nc2)CC1. The van der Waals surface area contributed by atoms with Crippen molar-refractivity contribution in [2.24, 2.45) is 0 Å². The average molecular weight is 352 g/mol. The number of anilines is 2. The molecule has 136 valence electrons. The smallest absolute Gasteiger partial charge is 0.229 e. The zero-order valence-corrected chi connectivity index (χ0v) is 15.2. The lowest BCUT2D eigenvalue weighted by molar-refractivity contribution is -0.129. The summed E-state index contributed by atoms with van der Waals surface area (Å²) in [6.45, 7) is 6.65. The van der Waals surface area contributed by atoms with Gasteiger partial charge in [-0.3, -0.25) is 9.59 Å². The van der Waals surface area contributed by atoms with Gasteiger partial charge in [0.05, 0.1) is 18.3 Å². The van der Waals surface area contributed by atoms with E-state index in [4.69, 9.17) is 0 Å². The van der Waals surface area contributed by atoms with Crippen molar-refractivity contribution in [2.75, 3.05) is 36.4 Å². The standard InChI is InChI=1S/C20H24N4O2/c1-15-4-3-5-17(12-15)13-20(26)22-19-7-6-18(14-21-19)24-10-8-23(9-11-24)16(2)25/h3-7,12,14H,8-11,13H2,1-2H3,(H,21,22,26). The topological polar surface area (TPSA) is 65.5 Å². The Labute approximate surface area is 153 Å². The molecule has 0 saturated carbocycles. The van der Waals surface area contributed by atoms with E-state index in [1.807, 2.05) is 48.2 Å². The summed E-state index contributed by atoms with van der Waals surface area (Å²) in [5.41, 5.74) is 3.13. The summed E-state index contributed by atoms with van der Waals surface area (Å²) in [6, 6.07) is 11.7. The molecular weight excluding hydrogens is 328 g/mol. The molecule has 0 bridgehead atoms. The quantitative estimate of drug-likeness (QED) is 0.916. The van der Waals surface area contributed by atoms with Gasteiger partial charge >= 0.3 is 0 Å². The lowest BCUT2D eigenvalue weighted by atomic mass is 10.1. The molecule has 3 rings (SSSR count). The lowest BCUT2D eigenvalue weighted by Crippen LogP contribution is -2.48. The van der Waals surface area contributed by atoms with Crippen LogP contribution in [0.15, 0.2) is 42.6 Å². The van der Waals surface area contributed by atoms with Crippen molar-refractivity contribution in [1.82, 2.24) is 9.88 Å². The fourth-order valence-corrected chi connectivity index (χ4v) is 3.12. The number of aryl methyl sites for hydroxylation is 1. The number of hydrogen-bond acceptors (Lipinski definition) is 4. The summed E-state index contributed by atoms with van der Waals surface area (Å²) >= 11 is 0. The van der Waals surface area contributed by atoms with E-state index < -0.39 is 0 Å². The molecular formula is C20H24N4O2. The average Bonchev–Trinajstić information content (AvgIpc) is 2.62. The van der Waals surface area contributed by atoms with Gasteiger partial charge in [0.2, 0.25) is 11.8 Å². The Morgan fingerprint density at radius 1 is 1.12 bits per heavy atom. The largest absolute Gasteiger partial charge is 0.367 e. The Bertz CT molecular complexity index is 781. The Hall–Kier alpha value is -2.89. The monoisotopic (exact) mass is 352 g/mol. The molecule has 0 radical (unpaired) electrons. The summed E-state index contributed by atoms with van der Waals surface area (Å²) in [4.78, 5) is 32.0. The van der Waals surface area contributed by atoms with Crippen LogP contribution < -0.4 is 10.2 Å². The van der Waals surface area contributed by atoms with Crippen molar-refractivity contribution in [2.45, 2.75) is 20.3 Å². The molecule has 0 unspecified atom stereocenters. The summed E-state index contributed by atoms with van der Waals surface area (Å²) in [6.07, 6.45) is 2.10. The molecule has 2 amide bonds. The molecule has 1 fully saturated rings. The summed E-state index contributed by atoms with van der Waals surface area (Å²) in [5.74, 6) is 0.592. The van der Waals surface area contributed by atoms with Crippen LogP contribution in [0, 0.1) is 6.92 Å². The fourth-order valence-electron chi connectivity index (χ4n) is 3.12. The van der Waals surface area contributed by atoms with Gasteiger partial charge in [0.15, 0.2) is 0 Å². The van der Waals surface area contributed by atoms with Gasteiger partial charge in [0.25, 0.3) is 0 Å². The van der Waals surface area contributed by atoms with Gasteiger partial charge in [-0.25, -0.2) is 4.98 Å². The Balaban J connectivity index is 1.54. The zero-order valence-electron chi connectivity index (χ0n) is 15.2. The van der Waals surface area contributed by atoms with E-state index in [-0.39, 0.29) is 11.8 Å². The van der Waals surface area contributed by atoms with E-state index >= 15 is 0 Å². The molecule has 1 aliphatic rings. The van der Waals surface area contributed by atoms with Crippen molar-refractivity contribution in [3.63, 3.8) is 0 Å². The number of hydrogen-bond donors (Lipinski definition) is 1. The third-order valence-electron chi connectivity index (χ3n) is 4.55. The van der Waals surface area contributed by atoms with Crippen LogP contribution >= 0.6 is 0 Å². The molecule has 2 aromatic rings. The minimum atomic E-state index is -0.0778. The highest BCUT2D eigenvalue weighted by Gasteiger charge is 2.19. The van der Waals surface area contributed by atoms with Crippen LogP contribution in [0.3, 0.4) is 0 Å². The minimum Gasteiger partial charge on any atom is -0.367 e. The molecule has 0 atom stereocenters. The van der Waals surface area contributed by atoms with E-state index in [2.05, 4.69) is 15.2 Å². The van der Waals surface area contributed by atoms with Crippen molar-refractivity contribution in [1.29, 1.82) is 0 Å². The molecule has 1 aliphatic heterocycles. The molecule has 1 N–H and O–H groups in total. The van der Waals surface area contributed by atoms with E-state index in [1.165, 1.54) is 0 Å². The van der Waals surface area contributed by atoms with Crippen LogP contribution in [-0.4, -0.2) is 47.9 Å². The third kappa shape index (κ3) is 4.59. The van der Waals surface area contributed by atoms with Gasteiger partial charge in [-0.05, 0) is 24.6 Å². The molecule has 0 aliphatic carbocycles. The van der Waals surface area contributed by atoms with Crippen LogP contribution in [0.2, 0.25) is 0 Å². The summed E-state index contributed by atoms with van der Waals surface area (Å²) in [5, 5.41) is 2.84. The normalized spacial score (nSPS) is 14.2. The highest BCUT2D eigenvalue weighted by Crippen LogP contribution is 2.17. The van der Waals surface area contributed by atoms with E-state index in [1.54, 1.807) is 13.1 Å². The van der Waals surface area contributed by atoms with Crippen LogP contribution in [0.1, 0.15) is 18.1 Å². The van der Waals surface area contributed by atoms with Crippen LogP contribution in [0.5, 0.6) is 0 Å². The first-order chi connectivity index (χ1) is 12.5. The molecule has 1 aromatic heterocycles. The van der Waals surface area contributed by atoms with Gasteiger partial charge in [-0.15, -0.1) is 0 Å². The maximum absolute atomic E-state index is 12.2. The predicted octanol–water partition coefficient (Wildman–Crippen LogP) is 2.24. The number of piperazine rings is 1. The van der Waals surface area contributed by atoms with Crippen molar-refractivity contribution in [3.05, 3.63) is 53.7 Å². The van der Waals surface area contributed by atoms with Crippen molar-refractivity contribution < 1.29 is 9.59 Å². The number of carbonyl (C=O) groups excluding carboxylic acids is 2. The minimum absolute atomic E-state index is 0.0778. The molecule has 6 nitrogen and oxygen atoms in total. The first kappa shape index (κ1) is 17.9. The van der Waals surface area contributed by atoms with E-state index in [0.29, 0.717) is 12.2 Å². The second-order valence-electron chi connectivity index (χ2n) is 6.61. The number of benzene rings is 1. The third-order valence-corrected chi connectivity index (χ3v) is 4.55. The molecule has 6 heteroatoms. The second-order valence-corrected chi connectivity index (χ2v) is 6.61. The number of amides is 2. The number of nitrogens with zero attached hydrogens (tertiary/aromatic N) is 3. The van der Waals surface area contributed by atoms with Crippen LogP contribution in [-0.2, 0) is 16.0 Å². The first-order valence-electron chi connectivity index (χ1n) is 8.83. The second kappa shape index (κ2) is 7.99. The van der Waals surface area contributed by atoms with Gasteiger partial charge in [-0.1, -0.05) is 29.8 Å². The number of rotatable bonds is 4. The summed E-state index contributed by atoms with van der Waals surface area (Å²) < 4.78 is 0. The maximum atomic E-state index is 12.2. The van der Waals surface area contributed by atoms with E-state index in [9.17, 15) is 9.59 Å². The Morgan fingerprint density at radius 3 is 2.50 bits per heavy atom. The zero-order chi connectivity index (χ0) is 18.5. The summed E-state index contributed by atoms with van der Waals surface area (Å²) in [7, 11) is 0. The van der Waals surface area contributed by atoms with Crippen LogP contribution in [0.4, 0.5) is 11.5 Å². The fraction of sp³-hybridized carbons (Fsp3) is 0.350. The van der Waals surface area contributed by atoms with Gasteiger partial charge in [0, 0.05) is 33.1 Å². The molecule has 2 heterocycles. The molecule has 1 saturated heterocycles. The molecule has 1 aromatic carbocycles. The number of aromatic nitrogens is 1. The Kier molecular flexibility index (Phi) is 5.51. The number of nitrogens with one attached hydrogen (secondary N) is 1. The highest BCUT2D eigenvalue weighted by molar-refractivity contribution is 5.91. The van der Waals surface area contributed by atoms with Crippen LogP contribution in [0.25, 0.3) is 0 Å². The van der Waals surface area contributed by atoms with Gasteiger partial charge in [0.1, 0.15) is 5.82 Å². The maximum Gasteiger partial charge on any atom is 0.229 e. The van der Waals surface area contributed by atoms with E-state index in [0.717, 1.165) is 43.0 Å². The molecule has 26 heavy (non-hydrogen) atoms. The Morgan fingerprint density at radius 2 is 1.88 bits per heavy atom. The van der Waals surface area contributed by atoms with Gasteiger partial charge < -0.3 is 15.1 Å². The highest BCUT2D eigenvalue weighted by atomic mass is 16.2. The number of pyridine rings is 1. The van der Waals surface area contributed by atoms with Gasteiger partial charge in [-0.2, -0.15) is 0 Å². The predicted molar refractivity (Wildman–Crippen MR) is 102 cm³/mol. The first-order valence-corrected chi connectivity index (χ1v) is 8.83.